The molecule has 2 aromatic rings. The number of aryl methyl sites for hydroxylation is 1. The fraction of sp³-hybridized carbons (Fsp3) is 0.423. The first-order chi connectivity index (χ1) is 16.0. The second kappa shape index (κ2) is 8.63. The van der Waals surface area contributed by atoms with E-state index in [1.54, 1.807) is 39.5 Å². The van der Waals surface area contributed by atoms with E-state index in [0.29, 0.717) is 46.9 Å². The monoisotopic (exact) mass is 451 g/mol. The van der Waals surface area contributed by atoms with Gasteiger partial charge in [0.1, 0.15) is 24.0 Å². The summed E-state index contributed by atoms with van der Waals surface area (Å²) in [6.45, 7) is 3.23. The van der Waals surface area contributed by atoms with Gasteiger partial charge in [-0.1, -0.05) is 12.8 Å². The number of nitrogens with zero attached hydrogens (tertiary/aromatic N) is 1. The number of carbonyl (C=O) groups is 1. The Morgan fingerprint density at radius 2 is 1.70 bits per heavy atom. The van der Waals surface area contributed by atoms with Gasteiger partial charge in [0.15, 0.2) is 17.3 Å². The minimum absolute atomic E-state index is 0.139. The number of rotatable bonds is 5. The average molecular weight is 452 g/mol. The maximum absolute atomic E-state index is 13.4. The predicted molar refractivity (Wildman–Crippen MR) is 124 cm³/mol. The van der Waals surface area contributed by atoms with Crippen molar-refractivity contribution >= 4 is 11.9 Å². The van der Waals surface area contributed by atoms with Gasteiger partial charge in [-0.25, -0.2) is 0 Å². The second-order valence-electron chi connectivity index (χ2n) is 8.72. The summed E-state index contributed by atoms with van der Waals surface area (Å²) >= 11 is 0. The molecular weight excluding hydrogens is 422 g/mol. The molecule has 0 amide bonds. The molecule has 0 radical (unpaired) electrons. The molecule has 0 spiro atoms. The number of ether oxygens (including phenoxy) is 5. The normalized spacial score (nSPS) is 19.2. The Bertz CT molecular complexity index is 1130. The predicted octanol–water partition coefficient (Wildman–Crippen LogP) is 4.73. The van der Waals surface area contributed by atoms with E-state index in [-0.39, 0.29) is 11.5 Å². The number of allylic oxidation sites excluding steroid dienone is 1. The van der Waals surface area contributed by atoms with Gasteiger partial charge >= 0.3 is 0 Å². The van der Waals surface area contributed by atoms with E-state index in [0.717, 1.165) is 23.4 Å². The van der Waals surface area contributed by atoms with Crippen LogP contribution >= 0.6 is 0 Å². The van der Waals surface area contributed by atoms with Crippen LogP contribution < -0.4 is 23.7 Å². The van der Waals surface area contributed by atoms with Crippen molar-refractivity contribution in [3.63, 3.8) is 0 Å². The topological polar surface area (TPSA) is 66.5 Å². The van der Waals surface area contributed by atoms with Crippen LogP contribution in [0.2, 0.25) is 0 Å². The van der Waals surface area contributed by atoms with Crippen LogP contribution in [0.5, 0.6) is 28.7 Å². The van der Waals surface area contributed by atoms with Crippen molar-refractivity contribution in [2.24, 2.45) is 0 Å². The highest BCUT2D eigenvalue weighted by Crippen LogP contribution is 2.45. The fourth-order valence-electron chi connectivity index (χ4n) is 5.06. The molecule has 174 valence electrons. The zero-order valence-corrected chi connectivity index (χ0v) is 19.5. The molecule has 1 saturated carbocycles. The van der Waals surface area contributed by atoms with Crippen LogP contribution in [0.4, 0.5) is 0 Å². The van der Waals surface area contributed by atoms with Crippen LogP contribution in [-0.2, 0) is 6.54 Å². The van der Waals surface area contributed by atoms with E-state index >= 15 is 0 Å². The number of carbonyl (C=O) groups excluding carboxylic acids is 1. The van der Waals surface area contributed by atoms with E-state index in [2.05, 4.69) is 4.90 Å². The molecule has 0 N–H and O–H groups in total. The molecule has 2 heterocycles. The molecule has 1 fully saturated rings. The number of ketones is 1. The number of hydrogen-bond donors (Lipinski definition) is 0. The van der Waals surface area contributed by atoms with Crippen LogP contribution in [0.1, 0.15) is 52.7 Å². The molecule has 0 saturated heterocycles. The van der Waals surface area contributed by atoms with Gasteiger partial charge in [-0.15, -0.1) is 0 Å². The lowest BCUT2D eigenvalue weighted by Crippen LogP contribution is -2.39. The molecule has 2 aromatic carbocycles. The fourth-order valence-corrected chi connectivity index (χ4v) is 5.06. The highest BCUT2D eigenvalue weighted by molar-refractivity contribution is 6.16. The lowest BCUT2D eigenvalue weighted by molar-refractivity contribution is 0.0567. The molecule has 5 rings (SSSR count). The molecule has 0 atom stereocenters. The van der Waals surface area contributed by atoms with Crippen molar-refractivity contribution in [1.29, 1.82) is 0 Å². The van der Waals surface area contributed by atoms with E-state index in [1.165, 1.54) is 25.7 Å². The summed E-state index contributed by atoms with van der Waals surface area (Å²) < 4.78 is 28.6. The Morgan fingerprint density at radius 3 is 2.39 bits per heavy atom. The summed E-state index contributed by atoms with van der Waals surface area (Å²) in [5.41, 5.74) is 3.08. The van der Waals surface area contributed by atoms with Crippen molar-refractivity contribution in [2.45, 2.75) is 45.2 Å². The first-order valence-corrected chi connectivity index (χ1v) is 11.3. The zero-order valence-electron chi connectivity index (χ0n) is 19.5. The van der Waals surface area contributed by atoms with Crippen molar-refractivity contribution in [1.82, 2.24) is 4.90 Å². The van der Waals surface area contributed by atoms with Gasteiger partial charge in [0.2, 0.25) is 5.78 Å². The molecule has 3 aliphatic rings. The maximum atomic E-state index is 13.4. The minimum atomic E-state index is -0.139. The zero-order chi connectivity index (χ0) is 23.1. The first-order valence-electron chi connectivity index (χ1n) is 11.3. The SMILES string of the molecule is COc1cc(OC)c(OC)cc1/C=C1\Oc2c3c(cc(C)c2C1=O)OCN(C1CCCC1)C3. The first kappa shape index (κ1) is 21.6. The van der Waals surface area contributed by atoms with E-state index in [9.17, 15) is 4.79 Å². The second-order valence-corrected chi connectivity index (χ2v) is 8.72. The van der Waals surface area contributed by atoms with E-state index in [1.807, 2.05) is 13.0 Å². The summed E-state index contributed by atoms with van der Waals surface area (Å²) in [5.74, 6) is 3.18. The highest BCUT2D eigenvalue weighted by atomic mass is 16.5. The Hall–Kier alpha value is -3.19. The standard InChI is InChI=1S/C26H29NO6/c1-15-9-20-18(13-27(14-32-20)17-7-5-6-8-17)26-24(15)25(28)23(33-26)11-16-10-21(30-3)22(31-4)12-19(16)29-2/h9-12,17H,5-8,13-14H2,1-4H3/b23-11-. The molecule has 2 aliphatic heterocycles. The van der Waals surface area contributed by atoms with Gasteiger partial charge in [-0.3, -0.25) is 9.69 Å². The number of benzene rings is 2. The lowest BCUT2D eigenvalue weighted by atomic mass is 9.98. The molecule has 7 heteroatoms. The number of Topliss-reactive ketones (excluding diaryl/α,β-unsaturated/α-hetero) is 1. The van der Waals surface area contributed by atoms with Crippen LogP contribution in [0, 0.1) is 6.92 Å². The van der Waals surface area contributed by atoms with Gasteiger partial charge in [0.05, 0.1) is 32.5 Å². The molecule has 33 heavy (non-hydrogen) atoms. The quantitative estimate of drug-likeness (QED) is 0.609. The number of methoxy groups -OCH3 is 3. The lowest BCUT2D eigenvalue weighted by Gasteiger charge is -2.34. The van der Waals surface area contributed by atoms with Crippen molar-refractivity contribution in [2.75, 3.05) is 28.1 Å². The van der Waals surface area contributed by atoms with Crippen LogP contribution in [0.15, 0.2) is 24.0 Å². The average Bonchev–Trinajstić information content (AvgIpc) is 3.48. The largest absolute Gasteiger partial charge is 0.496 e. The molecule has 0 aromatic heterocycles. The summed E-state index contributed by atoms with van der Waals surface area (Å²) in [4.78, 5) is 15.7. The van der Waals surface area contributed by atoms with Gasteiger partial charge in [0, 0.05) is 24.2 Å². The van der Waals surface area contributed by atoms with Gasteiger partial charge in [-0.05, 0) is 43.5 Å². The maximum Gasteiger partial charge on any atom is 0.232 e. The molecule has 0 bridgehead atoms. The third kappa shape index (κ3) is 3.70. The molecule has 1 aliphatic carbocycles. The Kier molecular flexibility index (Phi) is 5.66. The van der Waals surface area contributed by atoms with E-state index < -0.39 is 0 Å². The Balaban J connectivity index is 1.53. The summed E-state index contributed by atoms with van der Waals surface area (Å²) in [6, 6.07) is 6.00. The Labute approximate surface area is 193 Å². The minimum Gasteiger partial charge on any atom is -0.496 e. The Morgan fingerprint density at radius 1 is 1.00 bits per heavy atom. The molecular formula is C26H29NO6. The number of fused-ring (bicyclic) bond motifs is 3. The molecule has 0 unspecified atom stereocenters. The third-order valence-corrected chi connectivity index (χ3v) is 6.81. The third-order valence-electron chi connectivity index (χ3n) is 6.81. The molecule has 7 nitrogen and oxygen atoms in total. The summed E-state index contributed by atoms with van der Waals surface area (Å²) in [6.07, 6.45) is 6.60. The highest BCUT2D eigenvalue weighted by Gasteiger charge is 2.37. The van der Waals surface area contributed by atoms with Crippen molar-refractivity contribution in [3.05, 3.63) is 46.2 Å². The van der Waals surface area contributed by atoms with Gasteiger partial charge in [-0.2, -0.15) is 0 Å². The summed E-state index contributed by atoms with van der Waals surface area (Å²) in [5, 5.41) is 0. The van der Waals surface area contributed by atoms with E-state index in [4.69, 9.17) is 23.7 Å². The van der Waals surface area contributed by atoms with Crippen LogP contribution in [0.25, 0.3) is 6.08 Å². The van der Waals surface area contributed by atoms with Crippen molar-refractivity contribution in [3.8, 4) is 28.7 Å². The summed E-state index contributed by atoms with van der Waals surface area (Å²) in [7, 11) is 4.71. The van der Waals surface area contributed by atoms with Gasteiger partial charge in [0.25, 0.3) is 0 Å². The van der Waals surface area contributed by atoms with Gasteiger partial charge < -0.3 is 23.7 Å². The van der Waals surface area contributed by atoms with Crippen LogP contribution in [0.3, 0.4) is 0 Å². The van der Waals surface area contributed by atoms with Crippen LogP contribution in [-0.4, -0.2) is 44.8 Å². The smallest absolute Gasteiger partial charge is 0.232 e. The van der Waals surface area contributed by atoms with Crippen molar-refractivity contribution < 1.29 is 28.5 Å². The number of hydrogen-bond acceptors (Lipinski definition) is 7.